The number of aromatic hydroxyl groups is 1. The second kappa shape index (κ2) is 3.88. The van der Waals surface area contributed by atoms with Gasteiger partial charge in [0.05, 0.1) is 17.7 Å². The van der Waals surface area contributed by atoms with Crippen LogP contribution < -0.4 is 4.74 Å². The molecule has 0 aliphatic carbocycles. The van der Waals surface area contributed by atoms with Crippen molar-refractivity contribution in [1.29, 1.82) is 0 Å². The molecule has 1 N–H and O–H groups in total. The highest BCUT2D eigenvalue weighted by molar-refractivity contribution is 6.33. The highest BCUT2D eigenvalue weighted by Gasteiger charge is 2.16. The number of ketones is 1. The summed E-state index contributed by atoms with van der Waals surface area (Å²) in [6, 6.07) is 1.32. The van der Waals surface area contributed by atoms with E-state index in [9.17, 15) is 9.90 Å². The van der Waals surface area contributed by atoms with Crippen LogP contribution in [0.3, 0.4) is 0 Å². The Kier molecular flexibility index (Phi) is 3.01. The molecule has 76 valence electrons. The average molecular weight is 215 g/mol. The second-order valence-corrected chi connectivity index (χ2v) is 3.35. The number of methoxy groups -OCH3 is 1. The van der Waals surface area contributed by atoms with Crippen molar-refractivity contribution in [2.24, 2.45) is 0 Å². The molecular weight excluding hydrogens is 204 g/mol. The molecule has 0 atom stereocenters. The molecule has 1 aromatic carbocycles. The number of benzene rings is 1. The van der Waals surface area contributed by atoms with Crippen molar-refractivity contribution < 1.29 is 14.6 Å². The van der Waals surface area contributed by atoms with Gasteiger partial charge in [-0.2, -0.15) is 0 Å². The Morgan fingerprint density at radius 3 is 2.57 bits per heavy atom. The smallest absolute Gasteiger partial charge is 0.163 e. The molecule has 0 spiro atoms. The number of phenols is 1. The molecule has 0 heterocycles. The lowest BCUT2D eigenvalue weighted by Gasteiger charge is -2.11. The van der Waals surface area contributed by atoms with Crippen LogP contribution in [-0.2, 0) is 0 Å². The largest absolute Gasteiger partial charge is 0.506 e. The number of hydrogen-bond donors (Lipinski definition) is 1. The summed E-state index contributed by atoms with van der Waals surface area (Å²) in [7, 11) is 1.46. The van der Waals surface area contributed by atoms with E-state index in [0.717, 1.165) is 0 Å². The van der Waals surface area contributed by atoms with Gasteiger partial charge in [-0.05, 0) is 19.9 Å². The Morgan fingerprint density at radius 2 is 2.14 bits per heavy atom. The maximum Gasteiger partial charge on any atom is 0.163 e. The topological polar surface area (TPSA) is 46.5 Å². The van der Waals surface area contributed by atoms with Gasteiger partial charge >= 0.3 is 0 Å². The number of carbonyl (C=O) groups is 1. The van der Waals surface area contributed by atoms with Crippen molar-refractivity contribution in [1.82, 2.24) is 0 Å². The Balaban J connectivity index is 3.51. The summed E-state index contributed by atoms with van der Waals surface area (Å²) in [5, 5.41) is 9.62. The van der Waals surface area contributed by atoms with Gasteiger partial charge in [-0.25, -0.2) is 0 Å². The Hall–Kier alpha value is -1.22. The fourth-order valence-corrected chi connectivity index (χ4v) is 1.42. The minimum absolute atomic E-state index is 0.102. The molecule has 1 aromatic rings. The van der Waals surface area contributed by atoms with Crippen LogP contribution in [0.5, 0.6) is 11.5 Å². The van der Waals surface area contributed by atoms with E-state index in [0.29, 0.717) is 16.9 Å². The van der Waals surface area contributed by atoms with E-state index in [4.69, 9.17) is 16.3 Å². The Bertz CT molecular complexity index is 385. The molecule has 3 nitrogen and oxygen atoms in total. The van der Waals surface area contributed by atoms with Crippen molar-refractivity contribution in [3.63, 3.8) is 0 Å². The normalized spacial score (nSPS) is 10.0. The molecule has 0 fully saturated rings. The van der Waals surface area contributed by atoms with Crippen LogP contribution in [0.15, 0.2) is 6.07 Å². The van der Waals surface area contributed by atoms with Crippen LogP contribution in [0.1, 0.15) is 22.8 Å². The number of ether oxygens (including phenoxy) is 1. The second-order valence-electron chi connectivity index (χ2n) is 2.97. The van der Waals surface area contributed by atoms with Gasteiger partial charge in [0.25, 0.3) is 0 Å². The monoisotopic (exact) mass is 214 g/mol. The quantitative estimate of drug-likeness (QED) is 0.770. The van der Waals surface area contributed by atoms with Crippen LogP contribution in [0.4, 0.5) is 0 Å². The predicted molar refractivity (Wildman–Crippen MR) is 54.4 cm³/mol. The zero-order valence-corrected chi connectivity index (χ0v) is 8.97. The first kappa shape index (κ1) is 10.9. The minimum atomic E-state index is -0.170. The van der Waals surface area contributed by atoms with Crippen molar-refractivity contribution in [2.45, 2.75) is 13.8 Å². The highest BCUT2D eigenvalue weighted by Crippen LogP contribution is 2.36. The fourth-order valence-electron chi connectivity index (χ4n) is 1.28. The molecule has 0 unspecified atom stereocenters. The molecular formula is C10H11ClO3. The van der Waals surface area contributed by atoms with Gasteiger partial charge in [0.1, 0.15) is 11.5 Å². The standard InChI is InChI=1S/C10H11ClO3/c1-5-9(11)8(13)4-7(6(2)12)10(5)14-3/h4,13H,1-3H3. The summed E-state index contributed by atoms with van der Waals surface area (Å²) in [6.07, 6.45) is 0. The van der Waals surface area contributed by atoms with E-state index >= 15 is 0 Å². The average Bonchev–Trinajstić information content (AvgIpc) is 2.13. The molecule has 0 aromatic heterocycles. The zero-order chi connectivity index (χ0) is 10.9. The summed E-state index contributed by atoms with van der Waals surface area (Å²) in [5.41, 5.74) is 0.909. The number of carbonyl (C=O) groups excluding carboxylic acids is 1. The van der Waals surface area contributed by atoms with Gasteiger partial charge in [-0.15, -0.1) is 0 Å². The lowest BCUT2D eigenvalue weighted by molar-refractivity contribution is 0.101. The van der Waals surface area contributed by atoms with E-state index in [1.165, 1.54) is 20.1 Å². The maximum atomic E-state index is 11.2. The minimum Gasteiger partial charge on any atom is -0.506 e. The third-order valence-electron chi connectivity index (χ3n) is 2.00. The van der Waals surface area contributed by atoms with Crippen molar-refractivity contribution in [2.75, 3.05) is 7.11 Å². The van der Waals surface area contributed by atoms with Gasteiger partial charge in [-0.3, -0.25) is 4.79 Å². The number of rotatable bonds is 2. The highest BCUT2D eigenvalue weighted by atomic mass is 35.5. The molecule has 1 rings (SSSR count). The van der Waals surface area contributed by atoms with E-state index in [1.54, 1.807) is 6.92 Å². The molecule has 0 saturated heterocycles. The summed E-state index contributed by atoms with van der Waals surface area (Å²) in [4.78, 5) is 11.2. The molecule has 0 saturated carbocycles. The molecule has 0 aliphatic heterocycles. The first-order chi connectivity index (χ1) is 6.49. The molecule has 0 radical (unpaired) electrons. The van der Waals surface area contributed by atoms with Gasteiger partial charge in [0.15, 0.2) is 5.78 Å². The Labute approximate surface area is 87.3 Å². The Morgan fingerprint density at radius 1 is 1.57 bits per heavy atom. The lowest BCUT2D eigenvalue weighted by atomic mass is 10.1. The van der Waals surface area contributed by atoms with Crippen LogP contribution >= 0.6 is 11.6 Å². The first-order valence-corrected chi connectivity index (χ1v) is 4.43. The van der Waals surface area contributed by atoms with Gasteiger partial charge in [0, 0.05) is 5.56 Å². The maximum absolute atomic E-state index is 11.2. The van der Waals surface area contributed by atoms with E-state index in [-0.39, 0.29) is 16.6 Å². The van der Waals surface area contributed by atoms with Gasteiger partial charge in [0.2, 0.25) is 0 Å². The summed E-state index contributed by atoms with van der Waals surface area (Å²) < 4.78 is 5.06. The summed E-state index contributed by atoms with van der Waals surface area (Å²) >= 11 is 5.80. The molecule has 0 bridgehead atoms. The number of Topliss-reactive ketones (excluding diaryl/α,β-unsaturated/α-hetero) is 1. The fraction of sp³-hybridized carbons (Fsp3) is 0.300. The third kappa shape index (κ3) is 1.68. The van der Waals surface area contributed by atoms with E-state index < -0.39 is 0 Å². The number of phenolic OH excluding ortho intramolecular Hbond substituents is 1. The molecule has 0 amide bonds. The zero-order valence-electron chi connectivity index (χ0n) is 8.22. The SMILES string of the molecule is COc1c(C(C)=O)cc(O)c(Cl)c1C. The van der Waals surface area contributed by atoms with Crippen molar-refractivity contribution in [3.8, 4) is 11.5 Å². The van der Waals surface area contributed by atoms with Crippen molar-refractivity contribution >= 4 is 17.4 Å². The lowest BCUT2D eigenvalue weighted by Crippen LogP contribution is -2.00. The molecule has 4 heteroatoms. The molecule has 14 heavy (non-hydrogen) atoms. The van der Waals surface area contributed by atoms with E-state index in [2.05, 4.69) is 0 Å². The number of halogens is 1. The van der Waals surface area contributed by atoms with Crippen LogP contribution in [0.2, 0.25) is 5.02 Å². The van der Waals surface area contributed by atoms with Crippen LogP contribution in [0.25, 0.3) is 0 Å². The van der Waals surface area contributed by atoms with Gasteiger partial charge in [-0.1, -0.05) is 11.6 Å². The van der Waals surface area contributed by atoms with Crippen LogP contribution in [-0.4, -0.2) is 18.0 Å². The summed E-state index contributed by atoms with van der Waals surface area (Å²) in [5.74, 6) is 0.146. The van der Waals surface area contributed by atoms with Crippen LogP contribution in [0, 0.1) is 6.92 Å². The molecule has 0 aliphatic rings. The first-order valence-electron chi connectivity index (χ1n) is 4.06. The predicted octanol–water partition coefficient (Wildman–Crippen LogP) is 2.57. The third-order valence-corrected chi connectivity index (χ3v) is 2.48. The summed E-state index contributed by atoms with van der Waals surface area (Å²) in [6.45, 7) is 3.10. The van der Waals surface area contributed by atoms with E-state index in [1.807, 2.05) is 0 Å². The van der Waals surface area contributed by atoms with Crippen molar-refractivity contribution in [3.05, 3.63) is 22.2 Å². The van der Waals surface area contributed by atoms with Gasteiger partial charge < -0.3 is 9.84 Å². The number of hydrogen-bond acceptors (Lipinski definition) is 3.